The van der Waals surface area contributed by atoms with Crippen LogP contribution >= 0.6 is 0 Å². The Kier molecular flexibility index (Phi) is 4.88. The normalized spacial score (nSPS) is 24.9. The van der Waals surface area contributed by atoms with Crippen LogP contribution in [-0.4, -0.2) is 24.0 Å². The molecule has 1 aromatic carbocycles. The third-order valence-corrected chi connectivity index (χ3v) is 4.06. The Balaban J connectivity index is 1.99. The molecule has 0 aliphatic carbocycles. The Hall–Kier alpha value is -1.00. The average Bonchev–Trinajstić information content (AvgIpc) is 2.42. The molecule has 2 atom stereocenters. The molecule has 1 aliphatic heterocycles. The molecule has 0 aromatic heterocycles. The summed E-state index contributed by atoms with van der Waals surface area (Å²) in [6.07, 6.45) is -0.0280. The zero-order chi connectivity index (χ0) is 13.8. The Morgan fingerprint density at radius 1 is 1.26 bits per heavy atom. The summed E-state index contributed by atoms with van der Waals surface area (Å²) in [5.41, 5.74) is 6.93. The van der Waals surface area contributed by atoms with Crippen molar-refractivity contribution < 1.29 is 8.78 Å². The summed E-state index contributed by atoms with van der Waals surface area (Å²) in [5.74, 6) is 0.566. The molecule has 1 fully saturated rings. The quantitative estimate of drug-likeness (QED) is 0.908. The minimum Gasteiger partial charge on any atom is -0.330 e. The van der Waals surface area contributed by atoms with Gasteiger partial charge in [0, 0.05) is 24.7 Å². The van der Waals surface area contributed by atoms with Crippen LogP contribution in [0.25, 0.3) is 0 Å². The predicted octanol–water partition coefficient (Wildman–Crippen LogP) is 3.18. The number of hydrogen-bond acceptors (Lipinski definition) is 2. The fourth-order valence-electron chi connectivity index (χ4n) is 2.68. The van der Waals surface area contributed by atoms with Gasteiger partial charge < -0.3 is 5.73 Å². The molecule has 0 bridgehead atoms. The molecule has 19 heavy (non-hydrogen) atoms. The highest BCUT2D eigenvalue weighted by atomic mass is 19.3. The van der Waals surface area contributed by atoms with E-state index in [1.54, 1.807) is 12.1 Å². The molecule has 1 saturated heterocycles. The van der Waals surface area contributed by atoms with Gasteiger partial charge in [-0.2, -0.15) is 0 Å². The summed E-state index contributed by atoms with van der Waals surface area (Å²) in [5, 5.41) is 0. The average molecular weight is 268 g/mol. The summed E-state index contributed by atoms with van der Waals surface area (Å²) in [6, 6.07) is 7.20. The number of piperidine rings is 1. The Morgan fingerprint density at radius 2 is 1.95 bits per heavy atom. The van der Waals surface area contributed by atoms with E-state index in [1.165, 1.54) is 18.6 Å². The van der Waals surface area contributed by atoms with Crippen LogP contribution in [0.3, 0.4) is 0 Å². The molecule has 4 heteroatoms. The van der Waals surface area contributed by atoms with Crippen molar-refractivity contribution in [3.63, 3.8) is 0 Å². The van der Waals surface area contributed by atoms with Crippen molar-refractivity contribution in [3.05, 3.63) is 35.4 Å². The largest absolute Gasteiger partial charge is 0.330 e. The van der Waals surface area contributed by atoms with Crippen molar-refractivity contribution in [1.82, 2.24) is 4.90 Å². The molecule has 1 aromatic rings. The van der Waals surface area contributed by atoms with Crippen molar-refractivity contribution in [2.24, 2.45) is 11.7 Å². The molecular weight excluding hydrogens is 246 g/mol. The van der Waals surface area contributed by atoms with E-state index in [0.29, 0.717) is 12.0 Å². The molecule has 2 unspecified atom stereocenters. The fraction of sp³-hybridized carbons (Fsp3) is 0.600. The van der Waals surface area contributed by atoms with Crippen LogP contribution < -0.4 is 5.73 Å². The Morgan fingerprint density at radius 3 is 2.53 bits per heavy atom. The Bertz CT molecular complexity index is 392. The second-order valence-corrected chi connectivity index (χ2v) is 5.50. The topological polar surface area (TPSA) is 29.3 Å². The van der Waals surface area contributed by atoms with Gasteiger partial charge in [-0.15, -0.1) is 0 Å². The maximum Gasteiger partial charge on any atom is 0.263 e. The second kappa shape index (κ2) is 6.44. The number of benzene rings is 1. The molecule has 0 radical (unpaired) electrons. The van der Waals surface area contributed by atoms with Gasteiger partial charge in [0.05, 0.1) is 0 Å². The molecule has 2 nitrogen and oxygen atoms in total. The van der Waals surface area contributed by atoms with Gasteiger partial charge in [0.2, 0.25) is 0 Å². The number of halogens is 2. The van der Waals surface area contributed by atoms with Crippen molar-refractivity contribution in [2.45, 2.75) is 38.8 Å². The van der Waals surface area contributed by atoms with Gasteiger partial charge >= 0.3 is 0 Å². The summed E-state index contributed by atoms with van der Waals surface area (Å²) >= 11 is 0. The van der Waals surface area contributed by atoms with E-state index >= 15 is 0 Å². The highest BCUT2D eigenvalue weighted by Crippen LogP contribution is 2.24. The Labute approximate surface area is 113 Å². The van der Waals surface area contributed by atoms with Gasteiger partial charge in [-0.1, -0.05) is 24.3 Å². The van der Waals surface area contributed by atoms with Gasteiger partial charge in [0.1, 0.15) is 0 Å². The monoisotopic (exact) mass is 268 g/mol. The molecule has 0 saturated carbocycles. The minimum atomic E-state index is -2.38. The lowest BCUT2D eigenvalue weighted by molar-refractivity contribution is 0.113. The predicted molar refractivity (Wildman–Crippen MR) is 73.0 cm³/mol. The lowest BCUT2D eigenvalue weighted by Gasteiger charge is -2.37. The van der Waals surface area contributed by atoms with Gasteiger partial charge in [0.15, 0.2) is 0 Å². The van der Waals surface area contributed by atoms with Crippen LogP contribution in [0.5, 0.6) is 0 Å². The van der Waals surface area contributed by atoms with Gasteiger partial charge in [0.25, 0.3) is 6.43 Å². The van der Waals surface area contributed by atoms with Crippen LogP contribution in [0, 0.1) is 5.92 Å². The lowest BCUT2D eigenvalue weighted by Crippen LogP contribution is -2.43. The van der Waals surface area contributed by atoms with E-state index in [2.05, 4.69) is 11.8 Å². The molecule has 0 amide bonds. The third-order valence-electron chi connectivity index (χ3n) is 4.06. The van der Waals surface area contributed by atoms with Crippen molar-refractivity contribution in [1.29, 1.82) is 0 Å². The number of nitrogens with two attached hydrogens (primary N) is 1. The van der Waals surface area contributed by atoms with Crippen LogP contribution in [0.1, 0.15) is 37.3 Å². The maximum atomic E-state index is 12.5. The van der Waals surface area contributed by atoms with Crippen molar-refractivity contribution in [3.8, 4) is 0 Å². The number of hydrogen-bond donors (Lipinski definition) is 1. The summed E-state index contributed by atoms with van der Waals surface area (Å²) in [7, 11) is 0. The molecule has 2 rings (SSSR count). The van der Waals surface area contributed by atoms with E-state index in [0.717, 1.165) is 31.6 Å². The van der Waals surface area contributed by atoms with Crippen LogP contribution in [0.2, 0.25) is 0 Å². The van der Waals surface area contributed by atoms with Gasteiger partial charge in [-0.3, -0.25) is 4.90 Å². The van der Waals surface area contributed by atoms with Gasteiger partial charge in [-0.05, 0) is 37.8 Å². The third kappa shape index (κ3) is 3.74. The van der Waals surface area contributed by atoms with Gasteiger partial charge in [-0.25, -0.2) is 8.78 Å². The SMILES string of the molecule is CC1CCC(CN)CN1Cc1ccc(C(F)F)cc1. The number of likely N-dealkylation sites (tertiary alicyclic amines) is 1. The fourth-order valence-corrected chi connectivity index (χ4v) is 2.68. The molecular formula is C15H22F2N2. The zero-order valence-corrected chi connectivity index (χ0v) is 11.4. The standard InChI is InChI=1S/C15H22F2N2/c1-11-2-3-13(8-18)10-19(11)9-12-4-6-14(7-5-12)15(16)17/h4-7,11,13,15H,2-3,8-10,18H2,1H3. The number of rotatable bonds is 4. The molecule has 2 N–H and O–H groups in total. The zero-order valence-electron chi connectivity index (χ0n) is 11.4. The number of alkyl halides is 2. The molecule has 106 valence electrons. The first kappa shape index (κ1) is 14.4. The van der Waals surface area contributed by atoms with Crippen molar-refractivity contribution >= 4 is 0 Å². The van der Waals surface area contributed by atoms with Crippen molar-refractivity contribution in [2.75, 3.05) is 13.1 Å². The lowest BCUT2D eigenvalue weighted by atomic mass is 9.93. The smallest absolute Gasteiger partial charge is 0.263 e. The molecule has 1 aliphatic rings. The van der Waals surface area contributed by atoms with Crippen LogP contribution in [0.4, 0.5) is 8.78 Å². The first-order valence-corrected chi connectivity index (χ1v) is 6.91. The number of nitrogens with zero attached hydrogens (tertiary/aromatic N) is 1. The van der Waals surface area contributed by atoms with E-state index in [9.17, 15) is 8.78 Å². The summed E-state index contributed by atoms with van der Waals surface area (Å²) in [4.78, 5) is 2.40. The maximum absolute atomic E-state index is 12.5. The first-order valence-electron chi connectivity index (χ1n) is 6.91. The highest BCUT2D eigenvalue weighted by molar-refractivity contribution is 5.23. The minimum absolute atomic E-state index is 0.0928. The van der Waals surface area contributed by atoms with Crippen LogP contribution in [-0.2, 0) is 6.54 Å². The van der Waals surface area contributed by atoms with E-state index in [4.69, 9.17) is 5.73 Å². The van der Waals surface area contributed by atoms with E-state index in [1.807, 2.05) is 0 Å². The molecule has 1 heterocycles. The summed E-state index contributed by atoms with van der Waals surface area (Å²) in [6.45, 7) is 4.78. The second-order valence-electron chi connectivity index (χ2n) is 5.50. The summed E-state index contributed by atoms with van der Waals surface area (Å²) < 4.78 is 25.0. The van der Waals surface area contributed by atoms with Crippen LogP contribution in [0.15, 0.2) is 24.3 Å². The first-order chi connectivity index (χ1) is 9.10. The van der Waals surface area contributed by atoms with E-state index in [-0.39, 0.29) is 5.56 Å². The highest BCUT2D eigenvalue weighted by Gasteiger charge is 2.24. The van der Waals surface area contributed by atoms with E-state index < -0.39 is 6.43 Å². The molecule has 0 spiro atoms.